The molecule has 4 atom stereocenters. The zero-order valence-electron chi connectivity index (χ0n) is 21.2. The number of carbonyl (C=O) groups excluding carboxylic acids is 1. The summed E-state index contributed by atoms with van der Waals surface area (Å²) in [5.74, 6) is 2.96. The van der Waals surface area contributed by atoms with E-state index in [0.29, 0.717) is 18.4 Å². The summed E-state index contributed by atoms with van der Waals surface area (Å²) in [6.07, 6.45) is 8.88. The van der Waals surface area contributed by atoms with Crippen molar-refractivity contribution in [1.29, 1.82) is 0 Å². The van der Waals surface area contributed by atoms with Crippen LogP contribution in [0, 0.1) is 17.3 Å². The van der Waals surface area contributed by atoms with Crippen molar-refractivity contribution in [2.24, 2.45) is 17.3 Å². The van der Waals surface area contributed by atoms with Crippen molar-refractivity contribution in [3.05, 3.63) is 41.0 Å². The molecule has 0 saturated heterocycles. The van der Waals surface area contributed by atoms with Gasteiger partial charge in [0, 0.05) is 6.08 Å². The van der Waals surface area contributed by atoms with Crippen LogP contribution in [-0.4, -0.2) is 20.9 Å². The van der Waals surface area contributed by atoms with Crippen molar-refractivity contribution in [3.63, 3.8) is 0 Å². The van der Waals surface area contributed by atoms with Crippen LogP contribution in [0.15, 0.2) is 29.8 Å². The molecule has 0 heterocycles. The molecule has 3 unspecified atom stereocenters. The van der Waals surface area contributed by atoms with E-state index < -0.39 is 8.32 Å². The first kappa shape index (κ1) is 23.6. The molecule has 0 spiro atoms. The van der Waals surface area contributed by atoms with Crippen molar-refractivity contribution in [3.8, 4) is 5.75 Å². The van der Waals surface area contributed by atoms with Crippen LogP contribution in [0.4, 0.5) is 0 Å². The van der Waals surface area contributed by atoms with Crippen molar-refractivity contribution in [1.82, 2.24) is 0 Å². The Kier molecular flexibility index (Phi) is 6.15. The Morgan fingerprint density at radius 3 is 2.62 bits per heavy atom. The maximum atomic E-state index is 12.1. The van der Waals surface area contributed by atoms with Gasteiger partial charge in [0.05, 0.1) is 6.61 Å². The predicted octanol–water partition coefficient (Wildman–Crippen LogP) is 7.42. The third-order valence-electron chi connectivity index (χ3n) is 9.30. The SMILES string of the molecule is CCOC(=O)/C=C1\CCC2C3CCc4cc(O[Si](C)(C)C(C)(C)C)ccc4C3CC[C@]12C. The molecule has 0 aromatic heterocycles. The number of ether oxygens (including phenoxy) is 1. The molecule has 0 amide bonds. The molecule has 4 heteroatoms. The van der Waals surface area contributed by atoms with E-state index in [4.69, 9.17) is 9.16 Å². The normalized spacial score (nSPS) is 31.0. The lowest BCUT2D eigenvalue weighted by molar-refractivity contribution is -0.137. The quantitative estimate of drug-likeness (QED) is 0.270. The largest absolute Gasteiger partial charge is 0.543 e. The predicted molar refractivity (Wildman–Crippen MR) is 134 cm³/mol. The summed E-state index contributed by atoms with van der Waals surface area (Å²) < 4.78 is 11.8. The zero-order valence-corrected chi connectivity index (χ0v) is 22.2. The van der Waals surface area contributed by atoms with Crippen LogP contribution in [0.5, 0.6) is 5.75 Å². The molecule has 4 rings (SSSR count). The van der Waals surface area contributed by atoms with E-state index in [9.17, 15) is 4.79 Å². The van der Waals surface area contributed by atoms with E-state index in [1.165, 1.54) is 36.8 Å². The molecule has 3 nitrogen and oxygen atoms in total. The smallest absolute Gasteiger partial charge is 0.330 e. The molecule has 3 aliphatic carbocycles. The number of carbonyl (C=O) groups is 1. The topological polar surface area (TPSA) is 35.5 Å². The van der Waals surface area contributed by atoms with Gasteiger partial charge in [0.1, 0.15) is 5.75 Å². The fourth-order valence-electron chi connectivity index (χ4n) is 6.48. The van der Waals surface area contributed by atoms with Gasteiger partial charge in [-0.1, -0.05) is 39.3 Å². The highest BCUT2D eigenvalue weighted by Gasteiger charge is 2.52. The van der Waals surface area contributed by atoms with Crippen LogP contribution < -0.4 is 4.43 Å². The second kappa shape index (κ2) is 8.34. The number of hydrogen-bond donors (Lipinski definition) is 0. The van der Waals surface area contributed by atoms with Crippen molar-refractivity contribution < 1.29 is 14.0 Å². The molecule has 0 radical (unpaired) electrons. The van der Waals surface area contributed by atoms with Crippen molar-refractivity contribution in [2.75, 3.05) is 6.61 Å². The number of esters is 1. The minimum absolute atomic E-state index is 0.158. The van der Waals surface area contributed by atoms with Gasteiger partial charge in [0.15, 0.2) is 0 Å². The number of rotatable bonds is 4. The maximum Gasteiger partial charge on any atom is 0.330 e. The summed E-state index contributed by atoms with van der Waals surface area (Å²) in [5, 5.41) is 0.207. The first-order valence-corrected chi connectivity index (χ1v) is 15.6. The summed E-state index contributed by atoms with van der Waals surface area (Å²) in [5.41, 5.74) is 4.57. The molecule has 32 heavy (non-hydrogen) atoms. The minimum Gasteiger partial charge on any atom is -0.543 e. The third-order valence-corrected chi connectivity index (χ3v) is 13.7. The summed E-state index contributed by atoms with van der Waals surface area (Å²) in [7, 11) is -1.82. The first-order valence-electron chi connectivity index (χ1n) is 12.7. The number of aryl methyl sites for hydroxylation is 1. The van der Waals surface area contributed by atoms with E-state index in [-0.39, 0.29) is 16.4 Å². The van der Waals surface area contributed by atoms with Gasteiger partial charge >= 0.3 is 5.97 Å². The van der Waals surface area contributed by atoms with Crippen LogP contribution in [0.25, 0.3) is 0 Å². The lowest BCUT2D eigenvalue weighted by Gasteiger charge is -2.49. The van der Waals surface area contributed by atoms with E-state index in [1.54, 1.807) is 5.56 Å². The van der Waals surface area contributed by atoms with Gasteiger partial charge in [0.2, 0.25) is 8.32 Å². The van der Waals surface area contributed by atoms with Gasteiger partial charge in [0.25, 0.3) is 0 Å². The van der Waals surface area contributed by atoms with Crippen molar-refractivity contribution in [2.45, 2.75) is 97.2 Å². The summed E-state index contributed by atoms with van der Waals surface area (Å²) >= 11 is 0. The first-order chi connectivity index (χ1) is 15.0. The minimum atomic E-state index is -1.82. The molecular weight excluding hydrogens is 412 g/mol. The zero-order chi connectivity index (χ0) is 23.3. The second-order valence-electron chi connectivity index (χ2n) is 12.1. The molecule has 0 bridgehead atoms. The fourth-order valence-corrected chi connectivity index (χ4v) is 7.50. The Balaban J connectivity index is 1.55. The van der Waals surface area contributed by atoms with Gasteiger partial charge in [-0.15, -0.1) is 0 Å². The highest BCUT2D eigenvalue weighted by Crippen LogP contribution is 2.62. The Labute approximate surface area is 196 Å². The summed E-state index contributed by atoms with van der Waals surface area (Å²) in [4.78, 5) is 12.1. The molecule has 3 aliphatic rings. The van der Waals surface area contributed by atoms with Crippen molar-refractivity contribution >= 4 is 14.3 Å². The number of allylic oxidation sites excluding steroid dienone is 1. The average molecular weight is 455 g/mol. The third kappa shape index (κ3) is 4.08. The molecule has 1 aromatic rings. The number of hydrogen-bond acceptors (Lipinski definition) is 3. The van der Waals surface area contributed by atoms with Crippen LogP contribution in [0.1, 0.15) is 83.8 Å². The second-order valence-corrected chi connectivity index (χ2v) is 16.8. The molecule has 0 aliphatic heterocycles. The van der Waals surface area contributed by atoms with E-state index >= 15 is 0 Å². The Bertz CT molecular complexity index is 910. The van der Waals surface area contributed by atoms with E-state index in [0.717, 1.165) is 24.5 Å². The number of benzene rings is 1. The molecule has 2 fully saturated rings. The fraction of sp³-hybridized carbons (Fsp3) is 0.679. The lowest BCUT2D eigenvalue weighted by atomic mass is 9.55. The van der Waals surface area contributed by atoms with Crippen LogP contribution in [0.3, 0.4) is 0 Å². The van der Waals surface area contributed by atoms with Gasteiger partial charge in [-0.3, -0.25) is 0 Å². The Morgan fingerprint density at radius 2 is 1.94 bits per heavy atom. The lowest BCUT2D eigenvalue weighted by Crippen LogP contribution is -2.44. The van der Waals surface area contributed by atoms with Gasteiger partial charge in [-0.2, -0.15) is 0 Å². The molecule has 1 aromatic carbocycles. The van der Waals surface area contributed by atoms with Crippen LogP contribution >= 0.6 is 0 Å². The Hall–Kier alpha value is -1.55. The van der Waals surface area contributed by atoms with Gasteiger partial charge in [-0.25, -0.2) is 4.79 Å². The summed E-state index contributed by atoms with van der Waals surface area (Å²) in [6, 6.07) is 6.96. The Morgan fingerprint density at radius 1 is 1.19 bits per heavy atom. The van der Waals surface area contributed by atoms with E-state index in [2.05, 4.69) is 59.0 Å². The maximum absolute atomic E-state index is 12.1. The standard InChI is InChI=1S/C28H42O3Si/c1-8-30-26(29)18-20-10-14-25-24-12-9-19-17-21(31-32(6,7)27(2,3)4)11-13-22(19)23(24)15-16-28(20,25)5/h11,13,17-18,23-25H,8-10,12,14-16H2,1-7H3/b20-18+/t23?,24?,25?,28-/m1/s1. The van der Waals surface area contributed by atoms with Gasteiger partial charge < -0.3 is 9.16 Å². The number of fused-ring (bicyclic) bond motifs is 5. The van der Waals surface area contributed by atoms with E-state index in [1.807, 2.05) is 13.0 Å². The molecular formula is C28H42O3Si. The highest BCUT2D eigenvalue weighted by molar-refractivity contribution is 6.74. The molecule has 176 valence electrons. The van der Waals surface area contributed by atoms with Crippen LogP contribution in [-0.2, 0) is 16.0 Å². The monoisotopic (exact) mass is 454 g/mol. The molecule has 0 N–H and O–H groups in total. The van der Waals surface area contributed by atoms with Gasteiger partial charge in [-0.05, 0) is 110 Å². The summed E-state index contributed by atoms with van der Waals surface area (Å²) in [6.45, 7) is 16.3. The van der Waals surface area contributed by atoms with Crippen LogP contribution in [0.2, 0.25) is 18.1 Å². The molecule has 2 saturated carbocycles. The highest BCUT2D eigenvalue weighted by atomic mass is 28.4. The average Bonchev–Trinajstić information content (AvgIpc) is 3.03.